The molecule has 1 heterocycles. The number of nitriles is 1. The Bertz CT molecular complexity index is 749. The molecule has 0 aliphatic heterocycles. The van der Waals surface area contributed by atoms with Crippen LogP contribution in [0.1, 0.15) is 5.56 Å². The van der Waals surface area contributed by atoms with E-state index in [-0.39, 0.29) is 0 Å². The molecule has 102 valence electrons. The third-order valence-electron chi connectivity index (χ3n) is 2.24. The third-order valence-corrected chi connectivity index (χ3v) is 2.85. The van der Waals surface area contributed by atoms with Crippen molar-refractivity contribution in [3.05, 3.63) is 48.2 Å². The second-order valence-electron chi connectivity index (χ2n) is 4.00. The van der Waals surface area contributed by atoms with Gasteiger partial charge in [0.15, 0.2) is 0 Å². The number of hydrogen-bond acceptors (Lipinski definition) is 5. The molecular weight excluding hydrogens is 278 g/mol. The lowest BCUT2D eigenvalue weighted by atomic mass is 10.3. The van der Waals surface area contributed by atoms with Crippen LogP contribution >= 0.6 is 0 Å². The van der Waals surface area contributed by atoms with Gasteiger partial charge in [0.25, 0.3) is 0 Å². The molecule has 0 bridgehead atoms. The average Bonchev–Trinajstić information content (AvgIpc) is 2.40. The molecule has 1 N–H and O–H groups in total. The highest BCUT2D eigenvalue weighted by Crippen LogP contribution is 2.22. The summed E-state index contributed by atoms with van der Waals surface area (Å²) in [5.41, 5.74) is 0.893. The Balaban J connectivity index is 2.13. The van der Waals surface area contributed by atoms with E-state index in [0.717, 1.165) is 6.26 Å². The van der Waals surface area contributed by atoms with Crippen LogP contribution in [0.2, 0.25) is 0 Å². The summed E-state index contributed by atoms with van der Waals surface area (Å²) in [7, 11) is -3.30. The molecule has 0 radical (unpaired) electrons. The van der Waals surface area contributed by atoms with E-state index in [1.54, 1.807) is 30.3 Å². The Hall–Kier alpha value is -2.59. The first kappa shape index (κ1) is 13.8. The standard InChI is InChI=1S/C13H11N3O3S/c1-20(17,18)16-11-2-4-12(5-3-11)19-13-8-10(9-14)6-7-15-13/h2-8,16H,1H3. The van der Waals surface area contributed by atoms with Gasteiger partial charge in [-0.15, -0.1) is 0 Å². The second kappa shape index (κ2) is 5.59. The van der Waals surface area contributed by atoms with Gasteiger partial charge >= 0.3 is 0 Å². The number of nitrogens with zero attached hydrogens (tertiary/aromatic N) is 2. The lowest BCUT2D eigenvalue weighted by Gasteiger charge is -2.07. The van der Waals surface area contributed by atoms with Crippen LogP contribution in [-0.4, -0.2) is 19.7 Å². The number of rotatable bonds is 4. The number of pyridine rings is 1. The lowest BCUT2D eigenvalue weighted by molar-refractivity contribution is 0.463. The molecule has 1 aromatic carbocycles. The van der Waals surface area contributed by atoms with Gasteiger partial charge in [-0.1, -0.05) is 0 Å². The predicted molar refractivity (Wildman–Crippen MR) is 73.9 cm³/mol. The summed E-state index contributed by atoms with van der Waals surface area (Å²) in [5.74, 6) is 0.791. The molecule has 0 saturated heterocycles. The smallest absolute Gasteiger partial charge is 0.229 e. The molecule has 1 aromatic heterocycles. The minimum Gasteiger partial charge on any atom is -0.439 e. The molecule has 0 spiro atoms. The normalized spacial score (nSPS) is 10.6. The van der Waals surface area contributed by atoms with Crippen molar-refractivity contribution in [1.82, 2.24) is 4.98 Å². The van der Waals surface area contributed by atoms with E-state index in [1.807, 2.05) is 6.07 Å². The zero-order valence-corrected chi connectivity index (χ0v) is 11.4. The van der Waals surface area contributed by atoms with Crippen molar-refractivity contribution in [1.29, 1.82) is 5.26 Å². The molecule has 0 aliphatic rings. The Morgan fingerprint density at radius 3 is 2.55 bits per heavy atom. The van der Waals surface area contributed by atoms with Crippen molar-refractivity contribution in [3.8, 4) is 17.7 Å². The first-order valence-corrected chi connectivity index (χ1v) is 7.47. The molecule has 7 heteroatoms. The van der Waals surface area contributed by atoms with Crippen LogP contribution in [0.3, 0.4) is 0 Å². The van der Waals surface area contributed by atoms with Crippen LogP contribution in [-0.2, 0) is 10.0 Å². The van der Waals surface area contributed by atoms with Crippen molar-refractivity contribution >= 4 is 15.7 Å². The summed E-state index contributed by atoms with van der Waals surface area (Å²) < 4.78 is 29.9. The van der Waals surface area contributed by atoms with Gasteiger partial charge in [-0.3, -0.25) is 4.72 Å². The second-order valence-corrected chi connectivity index (χ2v) is 5.74. The Labute approximate surface area is 116 Å². The third kappa shape index (κ3) is 3.96. The summed E-state index contributed by atoms with van der Waals surface area (Å²) in [4.78, 5) is 3.98. The molecule has 6 nitrogen and oxygen atoms in total. The number of anilines is 1. The molecule has 0 atom stereocenters. The first-order chi connectivity index (χ1) is 9.46. The zero-order chi connectivity index (χ0) is 14.6. The Morgan fingerprint density at radius 2 is 1.95 bits per heavy atom. The van der Waals surface area contributed by atoms with Crippen LogP contribution in [0, 0.1) is 11.3 Å². The van der Waals surface area contributed by atoms with Crippen molar-refractivity contribution in [2.45, 2.75) is 0 Å². The van der Waals surface area contributed by atoms with Crippen LogP contribution in [0.15, 0.2) is 42.6 Å². The van der Waals surface area contributed by atoms with E-state index in [2.05, 4.69) is 9.71 Å². The minimum atomic E-state index is -3.30. The van der Waals surface area contributed by atoms with E-state index >= 15 is 0 Å². The number of ether oxygens (including phenoxy) is 1. The van der Waals surface area contributed by atoms with Crippen molar-refractivity contribution in [2.75, 3.05) is 11.0 Å². The van der Waals surface area contributed by atoms with Gasteiger partial charge in [0, 0.05) is 18.0 Å². The maximum absolute atomic E-state index is 11.1. The largest absolute Gasteiger partial charge is 0.439 e. The monoisotopic (exact) mass is 289 g/mol. The van der Waals surface area contributed by atoms with Crippen molar-refractivity contribution in [3.63, 3.8) is 0 Å². The predicted octanol–water partition coefficient (Wildman–Crippen LogP) is 2.12. The summed E-state index contributed by atoms with van der Waals surface area (Å²) >= 11 is 0. The van der Waals surface area contributed by atoms with Gasteiger partial charge in [-0.05, 0) is 30.3 Å². The molecule has 2 aromatic rings. The zero-order valence-electron chi connectivity index (χ0n) is 10.6. The highest BCUT2D eigenvalue weighted by atomic mass is 32.2. The van der Waals surface area contributed by atoms with Gasteiger partial charge in [-0.25, -0.2) is 13.4 Å². The number of hydrogen-bond donors (Lipinski definition) is 1. The number of benzene rings is 1. The summed E-state index contributed by atoms with van der Waals surface area (Å²) in [6.45, 7) is 0. The van der Waals surface area contributed by atoms with Crippen molar-refractivity contribution in [2.24, 2.45) is 0 Å². The molecular formula is C13H11N3O3S. The number of aromatic nitrogens is 1. The number of nitrogens with one attached hydrogen (secondary N) is 1. The maximum Gasteiger partial charge on any atom is 0.229 e. The van der Waals surface area contributed by atoms with Crippen molar-refractivity contribution < 1.29 is 13.2 Å². The molecule has 0 unspecified atom stereocenters. The van der Waals surface area contributed by atoms with Gasteiger partial charge in [0.05, 0.1) is 17.9 Å². The van der Waals surface area contributed by atoms with E-state index in [0.29, 0.717) is 22.9 Å². The summed E-state index contributed by atoms with van der Waals surface area (Å²) in [6.07, 6.45) is 2.56. The van der Waals surface area contributed by atoms with Crippen LogP contribution in [0.5, 0.6) is 11.6 Å². The van der Waals surface area contributed by atoms with E-state index in [9.17, 15) is 8.42 Å². The highest BCUT2D eigenvalue weighted by Gasteiger charge is 2.03. The fourth-order valence-electron chi connectivity index (χ4n) is 1.46. The SMILES string of the molecule is CS(=O)(=O)Nc1ccc(Oc2cc(C#N)ccn2)cc1. The molecule has 0 saturated carbocycles. The van der Waals surface area contributed by atoms with Gasteiger partial charge in [0.1, 0.15) is 5.75 Å². The Morgan fingerprint density at radius 1 is 1.25 bits per heavy atom. The number of sulfonamides is 1. The lowest BCUT2D eigenvalue weighted by Crippen LogP contribution is -2.09. The average molecular weight is 289 g/mol. The van der Waals surface area contributed by atoms with E-state index in [1.165, 1.54) is 12.3 Å². The molecule has 2 rings (SSSR count). The quantitative estimate of drug-likeness (QED) is 0.930. The summed E-state index contributed by atoms with van der Waals surface area (Å²) in [6, 6.07) is 11.4. The van der Waals surface area contributed by atoms with E-state index in [4.69, 9.17) is 10.00 Å². The van der Waals surface area contributed by atoms with Crippen LogP contribution in [0.4, 0.5) is 5.69 Å². The van der Waals surface area contributed by atoms with Crippen LogP contribution < -0.4 is 9.46 Å². The minimum absolute atomic E-state index is 0.299. The topological polar surface area (TPSA) is 92.1 Å². The molecule has 0 aliphatic carbocycles. The van der Waals surface area contributed by atoms with Crippen LogP contribution in [0.25, 0.3) is 0 Å². The molecule has 20 heavy (non-hydrogen) atoms. The van der Waals surface area contributed by atoms with Gasteiger partial charge in [0.2, 0.25) is 15.9 Å². The summed E-state index contributed by atoms with van der Waals surface area (Å²) in [5, 5.41) is 8.77. The Kier molecular flexibility index (Phi) is 3.86. The molecule has 0 amide bonds. The fourth-order valence-corrected chi connectivity index (χ4v) is 2.02. The van der Waals surface area contributed by atoms with Gasteiger partial charge < -0.3 is 4.74 Å². The highest BCUT2D eigenvalue weighted by molar-refractivity contribution is 7.92. The van der Waals surface area contributed by atoms with Gasteiger partial charge in [-0.2, -0.15) is 5.26 Å². The molecule has 0 fully saturated rings. The van der Waals surface area contributed by atoms with E-state index < -0.39 is 10.0 Å². The fraction of sp³-hybridized carbons (Fsp3) is 0.0769. The first-order valence-electron chi connectivity index (χ1n) is 5.58. The maximum atomic E-state index is 11.1.